The molecule has 0 unspecified atom stereocenters. The summed E-state index contributed by atoms with van der Waals surface area (Å²) in [4.78, 5) is 10.8. The van der Waals surface area contributed by atoms with Crippen LogP contribution in [0.3, 0.4) is 0 Å². The van der Waals surface area contributed by atoms with Gasteiger partial charge in [0.25, 0.3) is 0 Å². The zero-order chi connectivity index (χ0) is 16.8. The van der Waals surface area contributed by atoms with Crippen LogP contribution in [0, 0.1) is 6.92 Å². The molecule has 0 fully saturated rings. The Balaban J connectivity index is 2.24. The molecular formula is C18H16BrClO3. The highest BCUT2D eigenvalue weighted by atomic mass is 79.9. The van der Waals surface area contributed by atoms with Crippen LogP contribution in [0.4, 0.5) is 0 Å². The maximum absolute atomic E-state index is 10.8. The van der Waals surface area contributed by atoms with Crippen LogP contribution in [0.2, 0.25) is 0 Å². The van der Waals surface area contributed by atoms with Gasteiger partial charge in [-0.3, -0.25) is 4.79 Å². The molecular weight excluding hydrogens is 380 g/mol. The van der Waals surface area contributed by atoms with Gasteiger partial charge < -0.3 is 9.47 Å². The van der Waals surface area contributed by atoms with Crippen molar-refractivity contribution in [2.75, 3.05) is 7.11 Å². The second-order valence-corrected chi connectivity index (χ2v) is 6.11. The number of allylic oxidation sites excluding steroid dienone is 1. The third-order valence-electron chi connectivity index (χ3n) is 3.29. The highest BCUT2D eigenvalue weighted by Crippen LogP contribution is 2.37. The molecule has 2 aromatic rings. The molecule has 0 saturated heterocycles. The van der Waals surface area contributed by atoms with Gasteiger partial charge in [-0.25, -0.2) is 0 Å². The molecule has 0 amide bonds. The van der Waals surface area contributed by atoms with E-state index in [-0.39, 0.29) is 0 Å². The number of methoxy groups -OCH3 is 1. The average Bonchev–Trinajstić information content (AvgIpc) is 2.52. The van der Waals surface area contributed by atoms with Crippen LogP contribution in [0.1, 0.15) is 16.7 Å². The molecule has 2 rings (SSSR count). The molecule has 23 heavy (non-hydrogen) atoms. The van der Waals surface area contributed by atoms with Gasteiger partial charge in [-0.1, -0.05) is 24.3 Å². The van der Waals surface area contributed by atoms with Crippen LogP contribution in [0.25, 0.3) is 6.08 Å². The lowest BCUT2D eigenvalue weighted by atomic mass is 10.1. The van der Waals surface area contributed by atoms with Gasteiger partial charge in [0.2, 0.25) is 5.24 Å². The topological polar surface area (TPSA) is 35.5 Å². The first-order valence-corrected chi connectivity index (χ1v) is 8.10. The number of carbonyl (C=O) groups excluding carboxylic acids is 1. The molecule has 0 aliphatic rings. The monoisotopic (exact) mass is 394 g/mol. The smallest absolute Gasteiger partial charge is 0.245 e. The van der Waals surface area contributed by atoms with E-state index >= 15 is 0 Å². The van der Waals surface area contributed by atoms with Crippen LogP contribution >= 0.6 is 27.5 Å². The summed E-state index contributed by atoms with van der Waals surface area (Å²) >= 11 is 8.79. The fraction of sp³-hybridized carbons (Fsp3) is 0.167. The number of ether oxygens (including phenoxy) is 2. The molecule has 5 heteroatoms. The molecule has 0 aliphatic heterocycles. The van der Waals surface area contributed by atoms with Crippen LogP contribution < -0.4 is 9.47 Å². The van der Waals surface area contributed by atoms with Crippen molar-refractivity contribution in [2.45, 2.75) is 13.5 Å². The Hall–Kier alpha value is -1.78. The highest BCUT2D eigenvalue weighted by Gasteiger charge is 2.12. The lowest BCUT2D eigenvalue weighted by Gasteiger charge is -2.14. The molecule has 0 atom stereocenters. The Morgan fingerprint density at radius 2 is 2.04 bits per heavy atom. The summed E-state index contributed by atoms with van der Waals surface area (Å²) in [5, 5.41) is -0.528. The Morgan fingerprint density at radius 3 is 2.70 bits per heavy atom. The van der Waals surface area contributed by atoms with Crippen LogP contribution in [0.5, 0.6) is 11.5 Å². The van der Waals surface area contributed by atoms with Gasteiger partial charge in [-0.05, 0) is 75.4 Å². The number of benzene rings is 2. The molecule has 0 N–H and O–H groups in total. The molecule has 0 bridgehead atoms. The maximum Gasteiger partial charge on any atom is 0.245 e. The van der Waals surface area contributed by atoms with Crippen molar-refractivity contribution >= 4 is 38.8 Å². The van der Waals surface area contributed by atoms with Gasteiger partial charge in [-0.15, -0.1) is 0 Å². The number of hydrogen-bond donors (Lipinski definition) is 0. The van der Waals surface area contributed by atoms with E-state index in [2.05, 4.69) is 15.9 Å². The van der Waals surface area contributed by atoms with E-state index in [0.29, 0.717) is 18.1 Å². The minimum atomic E-state index is -0.528. The SMILES string of the molecule is COc1cc(/C=C/C(=O)Cl)cc(Br)c1OCc1ccccc1C. The molecule has 120 valence electrons. The Bertz CT molecular complexity index is 741. The number of aryl methyl sites for hydroxylation is 1. The van der Waals surface area contributed by atoms with Crippen molar-refractivity contribution in [1.82, 2.24) is 0 Å². The Morgan fingerprint density at radius 1 is 1.30 bits per heavy atom. The van der Waals surface area contributed by atoms with Gasteiger partial charge in [0.1, 0.15) is 6.61 Å². The number of carbonyl (C=O) groups is 1. The molecule has 0 heterocycles. The highest BCUT2D eigenvalue weighted by molar-refractivity contribution is 9.10. The Kier molecular flexibility index (Phi) is 6.25. The van der Waals surface area contributed by atoms with Crippen molar-refractivity contribution in [1.29, 1.82) is 0 Å². The zero-order valence-corrected chi connectivity index (χ0v) is 15.1. The third kappa shape index (κ3) is 4.85. The number of rotatable bonds is 6. The summed E-state index contributed by atoms with van der Waals surface area (Å²) in [5.41, 5.74) is 3.06. The maximum atomic E-state index is 10.8. The molecule has 0 aliphatic carbocycles. The van der Waals surface area contributed by atoms with Crippen molar-refractivity contribution in [3.05, 3.63) is 63.6 Å². The summed E-state index contributed by atoms with van der Waals surface area (Å²) in [5.74, 6) is 1.19. The number of halogens is 2. The van der Waals surface area contributed by atoms with E-state index in [1.807, 2.05) is 37.3 Å². The quantitative estimate of drug-likeness (QED) is 0.503. The minimum absolute atomic E-state index is 0.441. The van der Waals surface area contributed by atoms with Crippen molar-refractivity contribution in [2.24, 2.45) is 0 Å². The third-order valence-corrected chi connectivity index (χ3v) is 4.01. The van der Waals surface area contributed by atoms with Gasteiger partial charge in [-0.2, -0.15) is 0 Å². The number of hydrogen-bond acceptors (Lipinski definition) is 3. The first-order valence-electron chi connectivity index (χ1n) is 6.93. The van der Waals surface area contributed by atoms with Crippen LogP contribution in [-0.2, 0) is 11.4 Å². The van der Waals surface area contributed by atoms with Gasteiger partial charge >= 0.3 is 0 Å². The van der Waals surface area contributed by atoms with E-state index in [9.17, 15) is 4.79 Å². The van der Waals surface area contributed by atoms with Gasteiger partial charge in [0, 0.05) is 0 Å². The normalized spacial score (nSPS) is 10.8. The fourth-order valence-electron chi connectivity index (χ4n) is 2.06. The van der Waals surface area contributed by atoms with Crippen molar-refractivity contribution in [3.63, 3.8) is 0 Å². The molecule has 2 aromatic carbocycles. The first-order chi connectivity index (χ1) is 11.0. The lowest BCUT2D eigenvalue weighted by Crippen LogP contribution is -2.00. The summed E-state index contributed by atoms with van der Waals surface area (Å²) < 4.78 is 12.0. The van der Waals surface area contributed by atoms with E-state index in [4.69, 9.17) is 21.1 Å². The summed E-state index contributed by atoms with van der Waals surface area (Å²) in [6, 6.07) is 11.7. The largest absolute Gasteiger partial charge is 0.493 e. The van der Waals surface area contributed by atoms with Crippen LogP contribution in [-0.4, -0.2) is 12.4 Å². The fourth-order valence-corrected chi connectivity index (χ4v) is 2.70. The molecule has 0 aromatic heterocycles. The zero-order valence-electron chi connectivity index (χ0n) is 12.8. The lowest BCUT2D eigenvalue weighted by molar-refractivity contribution is -0.107. The molecule has 0 saturated carbocycles. The average molecular weight is 396 g/mol. The second kappa shape index (κ2) is 8.18. The van der Waals surface area contributed by atoms with Crippen molar-refractivity contribution in [3.8, 4) is 11.5 Å². The van der Waals surface area contributed by atoms with Gasteiger partial charge in [0.15, 0.2) is 11.5 Å². The summed E-state index contributed by atoms with van der Waals surface area (Å²) in [6.07, 6.45) is 2.91. The van der Waals surface area contributed by atoms with Crippen LogP contribution in [0.15, 0.2) is 46.9 Å². The first kappa shape index (κ1) is 17.6. The minimum Gasteiger partial charge on any atom is -0.493 e. The predicted molar refractivity (Wildman–Crippen MR) is 96.1 cm³/mol. The summed E-state index contributed by atoms with van der Waals surface area (Å²) in [7, 11) is 1.57. The van der Waals surface area contributed by atoms with E-state index in [1.165, 1.54) is 11.6 Å². The standard InChI is InChI=1S/C18H16BrClO3/c1-12-5-3-4-6-14(12)11-23-18-15(19)9-13(7-8-17(20)21)10-16(18)22-2/h3-10H,11H2,1-2H3/b8-7+. The Labute approximate surface area is 149 Å². The van der Waals surface area contributed by atoms with Gasteiger partial charge in [0.05, 0.1) is 11.6 Å². The second-order valence-electron chi connectivity index (χ2n) is 4.89. The summed E-state index contributed by atoms with van der Waals surface area (Å²) in [6.45, 7) is 2.49. The molecule has 0 radical (unpaired) electrons. The van der Waals surface area contributed by atoms with Crippen molar-refractivity contribution < 1.29 is 14.3 Å². The molecule has 0 spiro atoms. The van der Waals surface area contributed by atoms with E-state index in [0.717, 1.165) is 15.6 Å². The van der Waals surface area contributed by atoms with E-state index in [1.54, 1.807) is 19.3 Å². The van der Waals surface area contributed by atoms with E-state index < -0.39 is 5.24 Å². The molecule has 3 nitrogen and oxygen atoms in total. The predicted octanol–water partition coefficient (Wildman–Crippen LogP) is 5.12.